The fourth-order valence-electron chi connectivity index (χ4n) is 1.66. The molecule has 2 heterocycles. The number of carboxylic acids is 1. The van der Waals surface area contributed by atoms with Gasteiger partial charge >= 0.3 is 5.97 Å². The lowest BCUT2D eigenvalue weighted by atomic mass is 10.4. The molecular weight excluding hydrogens is 276 g/mol. The molecule has 0 radical (unpaired) electrons. The zero-order valence-corrected chi connectivity index (χ0v) is 11.1. The molecule has 1 saturated heterocycles. The Labute approximate surface area is 111 Å². The maximum Gasteiger partial charge on any atom is 0.347 e. The van der Waals surface area contributed by atoms with E-state index in [0.717, 1.165) is 23.1 Å². The van der Waals surface area contributed by atoms with Crippen molar-refractivity contribution in [2.75, 3.05) is 11.4 Å². The Hall–Kier alpha value is -1.41. The predicted molar refractivity (Wildman–Crippen MR) is 68.1 cm³/mol. The molecule has 1 aliphatic heterocycles. The molecular formula is C10H10N2O4S2. The molecule has 96 valence electrons. The second-order valence-corrected chi connectivity index (χ2v) is 6.24. The number of aromatic carboxylic acids is 1. The fourth-order valence-corrected chi connectivity index (χ4v) is 3.36. The molecule has 1 aromatic heterocycles. The lowest BCUT2D eigenvalue weighted by molar-refractivity contribution is -0.117. The summed E-state index contributed by atoms with van der Waals surface area (Å²) in [5, 5.41) is 9.07. The molecule has 0 aromatic carbocycles. The first kappa shape index (κ1) is 13.0. The van der Waals surface area contributed by atoms with E-state index in [1.807, 2.05) is 0 Å². The summed E-state index contributed by atoms with van der Waals surface area (Å²) in [5.41, 5.74) is 0. The average Bonchev–Trinajstić information content (AvgIpc) is 2.83. The van der Waals surface area contributed by atoms with Crippen molar-refractivity contribution < 1.29 is 19.5 Å². The summed E-state index contributed by atoms with van der Waals surface area (Å²) >= 11 is 2.10. The number of carboxylic acid groups (broad SMARTS) is 1. The third kappa shape index (κ3) is 2.70. The molecule has 2 rings (SSSR count). The third-order valence-electron chi connectivity index (χ3n) is 2.36. The highest BCUT2D eigenvalue weighted by atomic mass is 32.2. The largest absolute Gasteiger partial charge is 0.477 e. The number of amides is 1. The van der Waals surface area contributed by atoms with Gasteiger partial charge in [-0.15, -0.1) is 0 Å². The van der Waals surface area contributed by atoms with Crippen LogP contribution in [0.2, 0.25) is 0 Å². The van der Waals surface area contributed by atoms with E-state index >= 15 is 0 Å². The molecule has 1 aliphatic rings. The number of hydrogen-bond acceptors (Lipinski definition) is 6. The zero-order chi connectivity index (χ0) is 13.3. The van der Waals surface area contributed by atoms with Crippen LogP contribution in [0.1, 0.15) is 23.0 Å². The van der Waals surface area contributed by atoms with Crippen molar-refractivity contribution in [1.82, 2.24) is 4.98 Å². The number of aromatic nitrogens is 1. The second-order valence-electron chi connectivity index (χ2n) is 3.75. The predicted octanol–water partition coefficient (Wildman–Crippen LogP) is 1.23. The Kier molecular flexibility index (Phi) is 3.67. The van der Waals surface area contributed by atoms with E-state index in [1.54, 1.807) is 0 Å². The molecule has 1 amide bonds. The number of carbonyl (C=O) groups excluding carboxylic acids is 2. The van der Waals surface area contributed by atoms with Crippen molar-refractivity contribution in [2.45, 2.75) is 18.6 Å². The maximum atomic E-state index is 11.8. The van der Waals surface area contributed by atoms with E-state index in [1.165, 1.54) is 18.0 Å². The Morgan fingerprint density at radius 2 is 2.33 bits per heavy atom. The van der Waals surface area contributed by atoms with Gasteiger partial charge in [-0.2, -0.15) is 0 Å². The number of thiazole rings is 1. The highest BCUT2D eigenvalue weighted by Crippen LogP contribution is 2.31. The van der Waals surface area contributed by atoms with E-state index < -0.39 is 5.97 Å². The smallest absolute Gasteiger partial charge is 0.347 e. The number of nitrogens with zero attached hydrogens (tertiary/aromatic N) is 2. The molecule has 6 nitrogen and oxygen atoms in total. The first-order valence-corrected chi connectivity index (χ1v) is 6.83. The SMILES string of the molecule is CC(=O)SC1CC(=O)N(c2ncc(C(=O)O)s2)C1. The van der Waals surface area contributed by atoms with Gasteiger partial charge in [-0.1, -0.05) is 23.1 Å². The monoisotopic (exact) mass is 286 g/mol. The van der Waals surface area contributed by atoms with Crippen LogP contribution in [0, 0.1) is 0 Å². The van der Waals surface area contributed by atoms with Crippen LogP contribution in [0.25, 0.3) is 0 Å². The third-order valence-corrected chi connectivity index (χ3v) is 4.35. The summed E-state index contributed by atoms with van der Waals surface area (Å²) in [5.74, 6) is -1.18. The summed E-state index contributed by atoms with van der Waals surface area (Å²) in [6.45, 7) is 1.86. The van der Waals surface area contributed by atoms with E-state index in [9.17, 15) is 14.4 Å². The summed E-state index contributed by atoms with van der Waals surface area (Å²) in [6.07, 6.45) is 1.52. The van der Waals surface area contributed by atoms with Gasteiger partial charge in [-0.05, 0) is 0 Å². The standard InChI is InChI=1S/C10H10N2O4S2/c1-5(13)17-6-2-8(14)12(4-6)10-11-3-7(18-10)9(15)16/h3,6H,2,4H2,1H3,(H,15,16). The molecule has 0 saturated carbocycles. The minimum atomic E-state index is -1.06. The van der Waals surface area contributed by atoms with Crippen LogP contribution < -0.4 is 4.90 Å². The normalized spacial score (nSPS) is 19.3. The maximum absolute atomic E-state index is 11.8. The fraction of sp³-hybridized carbons (Fsp3) is 0.400. The minimum absolute atomic E-state index is 0.0278. The summed E-state index contributed by atoms with van der Waals surface area (Å²) in [4.78, 5) is 39.0. The Balaban J connectivity index is 2.11. The highest BCUT2D eigenvalue weighted by Gasteiger charge is 2.33. The van der Waals surface area contributed by atoms with Crippen molar-refractivity contribution in [1.29, 1.82) is 0 Å². The van der Waals surface area contributed by atoms with Gasteiger partial charge in [0.2, 0.25) is 5.91 Å². The van der Waals surface area contributed by atoms with Crippen LogP contribution in [-0.2, 0) is 9.59 Å². The van der Waals surface area contributed by atoms with Crippen molar-refractivity contribution in [3.05, 3.63) is 11.1 Å². The number of rotatable bonds is 3. The Morgan fingerprint density at radius 1 is 1.61 bits per heavy atom. The Bertz CT molecular complexity index is 514. The van der Waals surface area contributed by atoms with Crippen molar-refractivity contribution in [3.63, 3.8) is 0 Å². The van der Waals surface area contributed by atoms with Crippen LogP contribution >= 0.6 is 23.1 Å². The van der Waals surface area contributed by atoms with Gasteiger partial charge in [-0.3, -0.25) is 14.5 Å². The number of carbonyl (C=O) groups is 3. The highest BCUT2D eigenvalue weighted by molar-refractivity contribution is 8.14. The van der Waals surface area contributed by atoms with Crippen molar-refractivity contribution >= 4 is 45.2 Å². The molecule has 0 bridgehead atoms. The second kappa shape index (κ2) is 5.07. The van der Waals surface area contributed by atoms with Gasteiger partial charge in [0.05, 0.1) is 6.20 Å². The van der Waals surface area contributed by atoms with Gasteiger partial charge in [-0.25, -0.2) is 9.78 Å². The summed E-state index contributed by atoms with van der Waals surface area (Å²) < 4.78 is 0. The van der Waals surface area contributed by atoms with E-state index in [-0.39, 0.29) is 27.6 Å². The molecule has 18 heavy (non-hydrogen) atoms. The molecule has 0 aliphatic carbocycles. The first-order chi connectivity index (χ1) is 8.47. The average molecular weight is 286 g/mol. The van der Waals surface area contributed by atoms with Crippen LogP contribution in [0.3, 0.4) is 0 Å². The lowest BCUT2D eigenvalue weighted by Crippen LogP contribution is -2.24. The molecule has 1 unspecified atom stereocenters. The summed E-state index contributed by atoms with van der Waals surface area (Å²) in [7, 11) is 0. The minimum Gasteiger partial charge on any atom is -0.477 e. The van der Waals surface area contributed by atoms with Crippen molar-refractivity contribution in [3.8, 4) is 0 Å². The number of thioether (sulfide) groups is 1. The van der Waals surface area contributed by atoms with Crippen LogP contribution in [0.15, 0.2) is 6.20 Å². The van der Waals surface area contributed by atoms with E-state index in [2.05, 4.69) is 4.98 Å². The molecule has 1 N–H and O–H groups in total. The topological polar surface area (TPSA) is 87.6 Å². The van der Waals surface area contributed by atoms with Gasteiger partial charge in [0, 0.05) is 25.1 Å². The van der Waals surface area contributed by atoms with Gasteiger partial charge in [0.15, 0.2) is 10.2 Å². The van der Waals surface area contributed by atoms with Crippen LogP contribution in [0.4, 0.5) is 5.13 Å². The van der Waals surface area contributed by atoms with Gasteiger partial charge in [0.1, 0.15) is 4.88 Å². The van der Waals surface area contributed by atoms with Crippen LogP contribution in [-0.4, -0.2) is 38.9 Å². The number of anilines is 1. The quantitative estimate of drug-likeness (QED) is 0.899. The Morgan fingerprint density at radius 3 is 2.89 bits per heavy atom. The van der Waals surface area contributed by atoms with Crippen LogP contribution in [0.5, 0.6) is 0 Å². The van der Waals surface area contributed by atoms with E-state index in [0.29, 0.717) is 11.7 Å². The molecule has 1 atom stereocenters. The molecule has 1 aromatic rings. The molecule has 0 spiro atoms. The van der Waals surface area contributed by atoms with Gasteiger partial charge < -0.3 is 5.11 Å². The number of hydrogen-bond donors (Lipinski definition) is 1. The molecule has 1 fully saturated rings. The lowest BCUT2D eigenvalue weighted by Gasteiger charge is -2.11. The van der Waals surface area contributed by atoms with Gasteiger partial charge in [0.25, 0.3) is 0 Å². The van der Waals surface area contributed by atoms with Crippen molar-refractivity contribution in [2.24, 2.45) is 0 Å². The first-order valence-electron chi connectivity index (χ1n) is 5.14. The summed E-state index contributed by atoms with van der Waals surface area (Å²) in [6, 6.07) is 0. The van der Waals surface area contributed by atoms with E-state index in [4.69, 9.17) is 5.11 Å². The zero-order valence-electron chi connectivity index (χ0n) is 9.45. The molecule has 8 heteroatoms.